The van der Waals surface area contributed by atoms with Gasteiger partial charge >= 0.3 is 0 Å². The predicted molar refractivity (Wildman–Crippen MR) is 84.6 cm³/mol. The van der Waals surface area contributed by atoms with E-state index in [4.69, 9.17) is 4.98 Å². The summed E-state index contributed by atoms with van der Waals surface area (Å²) in [6, 6.07) is 22.9. The van der Waals surface area contributed by atoms with Gasteiger partial charge < -0.3 is 0 Å². The minimum absolute atomic E-state index is 0.231. The molecule has 21 heavy (non-hydrogen) atoms. The lowest BCUT2D eigenvalue weighted by Gasteiger charge is -2.06. The van der Waals surface area contributed by atoms with Crippen molar-refractivity contribution in [2.24, 2.45) is 0 Å². The zero-order valence-electron chi connectivity index (χ0n) is 11.3. The Bertz CT molecular complexity index is 942. The number of hydrogen-bond donors (Lipinski definition) is 0. The van der Waals surface area contributed by atoms with Crippen molar-refractivity contribution in [1.82, 2.24) is 4.98 Å². The Balaban J connectivity index is 1.94. The molecule has 3 aromatic carbocycles. The summed E-state index contributed by atoms with van der Waals surface area (Å²) < 4.78 is 13.0. The summed E-state index contributed by atoms with van der Waals surface area (Å²) in [5.41, 5.74) is 2.74. The standard InChI is InChI=1S/C19H12FN/c20-15-8-5-14(6-9-15)18-12-10-17-16-4-2-1-3-13(16)7-11-19(17)21-18/h1-12H. The van der Waals surface area contributed by atoms with Crippen LogP contribution in [0.3, 0.4) is 0 Å². The Morgan fingerprint density at radius 1 is 0.667 bits per heavy atom. The maximum atomic E-state index is 13.0. The fraction of sp³-hybridized carbons (Fsp3) is 0. The second-order valence-corrected chi connectivity index (χ2v) is 5.06. The van der Waals surface area contributed by atoms with Gasteiger partial charge in [0.1, 0.15) is 5.82 Å². The molecule has 2 heteroatoms. The molecule has 0 spiro atoms. The van der Waals surface area contributed by atoms with E-state index in [9.17, 15) is 4.39 Å². The van der Waals surface area contributed by atoms with Crippen LogP contribution in [-0.4, -0.2) is 4.98 Å². The highest BCUT2D eigenvalue weighted by Gasteiger charge is 2.04. The largest absolute Gasteiger partial charge is 0.248 e. The number of rotatable bonds is 1. The maximum Gasteiger partial charge on any atom is 0.123 e. The molecule has 0 saturated heterocycles. The van der Waals surface area contributed by atoms with Gasteiger partial charge in [0.2, 0.25) is 0 Å². The number of halogens is 1. The van der Waals surface area contributed by atoms with Crippen molar-refractivity contribution in [3.63, 3.8) is 0 Å². The van der Waals surface area contributed by atoms with E-state index in [1.165, 1.54) is 22.9 Å². The van der Waals surface area contributed by atoms with Crippen molar-refractivity contribution >= 4 is 21.7 Å². The van der Waals surface area contributed by atoms with Crippen molar-refractivity contribution in [3.05, 3.63) is 78.6 Å². The molecule has 1 aromatic heterocycles. The third-order valence-electron chi connectivity index (χ3n) is 3.74. The fourth-order valence-electron chi connectivity index (χ4n) is 2.67. The molecular weight excluding hydrogens is 261 g/mol. The Kier molecular flexibility index (Phi) is 2.68. The monoisotopic (exact) mass is 273 g/mol. The minimum atomic E-state index is -0.231. The molecule has 1 nitrogen and oxygen atoms in total. The first-order chi connectivity index (χ1) is 10.3. The van der Waals surface area contributed by atoms with Gasteiger partial charge in [-0.05, 0) is 47.2 Å². The molecule has 0 bridgehead atoms. The molecular formula is C19H12FN. The van der Waals surface area contributed by atoms with Crippen LogP contribution < -0.4 is 0 Å². The number of fused-ring (bicyclic) bond motifs is 3. The Labute approximate surface area is 121 Å². The number of aromatic nitrogens is 1. The molecule has 0 amide bonds. The van der Waals surface area contributed by atoms with Gasteiger partial charge in [-0.15, -0.1) is 0 Å². The van der Waals surface area contributed by atoms with Crippen LogP contribution in [0.25, 0.3) is 32.9 Å². The fourth-order valence-corrected chi connectivity index (χ4v) is 2.67. The second-order valence-electron chi connectivity index (χ2n) is 5.06. The lowest BCUT2D eigenvalue weighted by Crippen LogP contribution is -1.86. The summed E-state index contributed by atoms with van der Waals surface area (Å²) in [4.78, 5) is 4.70. The Morgan fingerprint density at radius 2 is 1.48 bits per heavy atom. The van der Waals surface area contributed by atoms with Crippen LogP contribution in [0.4, 0.5) is 4.39 Å². The molecule has 100 valence electrons. The van der Waals surface area contributed by atoms with Gasteiger partial charge in [-0.3, -0.25) is 0 Å². The van der Waals surface area contributed by atoms with Gasteiger partial charge in [0.15, 0.2) is 0 Å². The number of hydrogen-bond acceptors (Lipinski definition) is 1. The quantitative estimate of drug-likeness (QED) is 0.435. The topological polar surface area (TPSA) is 12.9 Å². The summed E-state index contributed by atoms with van der Waals surface area (Å²) in [6.07, 6.45) is 0. The van der Waals surface area contributed by atoms with Crippen molar-refractivity contribution in [2.75, 3.05) is 0 Å². The average Bonchev–Trinajstić information content (AvgIpc) is 2.55. The minimum Gasteiger partial charge on any atom is -0.248 e. The highest BCUT2D eigenvalue weighted by Crippen LogP contribution is 2.27. The van der Waals surface area contributed by atoms with Crippen molar-refractivity contribution in [3.8, 4) is 11.3 Å². The van der Waals surface area contributed by atoms with Crippen LogP contribution >= 0.6 is 0 Å². The van der Waals surface area contributed by atoms with E-state index in [0.29, 0.717) is 0 Å². The lowest BCUT2D eigenvalue weighted by molar-refractivity contribution is 0.628. The first-order valence-electron chi connectivity index (χ1n) is 6.86. The normalized spacial score (nSPS) is 11.1. The van der Waals surface area contributed by atoms with Gasteiger partial charge in [0.25, 0.3) is 0 Å². The number of nitrogens with zero attached hydrogens (tertiary/aromatic N) is 1. The molecule has 0 unspecified atom stereocenters. The summed E-state index contributed by atoms with van der Waals surface area (Å²) in [5, 5.41) is 3.55. The van der Waals surface area contributed by atoms with E-state index in [1.807, 2.05) is 24.3 Å². The first kappa shape index (κ1) is 12.0. The molecule has 1 heterocycles. The maximum absolute atomic E-state index is 13.0. The molecule has 0 fully saturated rings. The van der Waals surface area contributed by atoms with Gasteiger partial charge in [0, 0.05) is 10.9 Å². The Hall–Kier alpha value is -2.74. The molecule has 0 saturated carbocycles. The van der Waals surface area contributed by atoms with Crippen LogP contribution in [0.15, 0.2) is 72.8 Å². The van der Waals surface area contributed by atoms with Crippen molar-refractivity contribution in [1.29, 1.82) is 0 Å². The summed E-state index contributed by atoms with van der Waals surface area (Å²) in [7, 11) is 0. The third-order valence-corrected chi connectivity index (χ3v) is 3.74. The lowest BCUT2D eigenvalue weighted by atomic mass is 10.0. The van der Waals surface area contributed by atoms with Crippen LogP contribution in [-0.2, 0) is 0 Å². The highest BCUT2D eigenvalue weighted by molar-refractivity contribution is 6.06. The van der Waals surface area contributed by atoms with E-state index >= 15 is 0 Å². The van der Waals surface area contributed by atoms with Gasteiger partial charge in [-0.25, -0.2) is 9.37 Å². The summed E-state index contributed by atoms with van der Waals surface area (Å²) in [5.74, 6) is -0.231. The van der Waals surface area contributed by atoms with Gasteiger partial charge in [-0.1, -0.05) is 36.4 Å². The van der Waals surface area contributed by atoms with E-state index < -0.39 is 0 Å². The zero-order valence-corrected chi connectivity index (χ0v) is 11.3. The molecule has 0 N–H and O–H groups in total. The zero-order chi connectivity index (χ0) is 14.2. The van der Waals surface area contributed by atoms with Gasteiger partial charge in [-0.2, -0.15) is 0 Å². The van der Waals surface area contributed by atoms with Crippen LogP contribution in [0.1, 0.15) is 0 Å². The van der Waals surface area contributed by atoms with E-state index in [2.05, 4.69) is 24.3 Å². The van der Waals surface area contributed by atoms with Crippen LogP contribution in [0.2, 0.25) is 0 Å². The Morgan fingerprint density at radius 3 is 2.33 bits per heavy atom. The van der Waals surface area contributed by atoms with Crippen LogP contribution in [0, 0.1) is 5.82 Å². The van der Waals surface area contributed by atoms with Gasteiger partial charge in [0.05, 0.1) is 11.2 Å². The summed E-state index contributed by atoms with van der Waals surface area (Å²) in [6.45, 7) is 0. The average molecular weight is 273 g/mol. The smallest absolute Gasteiger partial charge is 0.123 e. The number of pyridine rings is 1. The molecule has 0 aliphatic carbocycles. The molecule has 0 radical (unpaired) electrons. The molecule has 4 rings (SSSR count). The van der Waals surface area contributed by atoms with Crippen LogP contribution in [0.5, 0.6) is 0 Å². The van der Waals surface area contributed by atoms with Crippen molar-refractivity contribution in [2.45, 2.75) is 0 Å². The summed E-state index contributed by atoms with van der Waals surface area (Å²) >= 11 is 0. The third kappa shape index (κ3) is 2.05. The first-order valence-corrected chi connectivity index (χ1v) is 6.86. The van der Waals surface area contributed by atoms with E-state index in [1.54, 1.807) is 12.1 Å². The van der Waals surface area contributed by atoms with E-state index in [-0.39, 0.29) is 5.82 Å². The second kappa shape index (κ2) is 4.67. The highest BCUT2D eigenvalue weighted by atomic mass is 19.1. The molecule has 0 aliphatic rings. The predicted octanol–water partition coefficient (Wildman–Crippen LogP) is 5.19. The van der Waals surface area contributed by atoms with Crippen molar-refractivity contribution < 1.29 is 4.39 Å². The molecule has 0 atom stereocenters. The van der Waals surface area contributed by atoms with E-state index in [0.717, 1.165) is 22.2 Å². The molecule has 4 aromatic rings. The molecule has 0 aliphatic heterocycles. The number of benzene rings is 3. The SMILES string of the molecule is Fc1ccc(-c2ccc3c(ccc4ccccc43)n2)cc1.